The van der Waals surface area contributed by atoms with Crippen molar-refractivity contribution in [2.45, 2.75) is 13.3 Å². The van der Waals surface area contributed by atoms with Crippen LogP contribution in [-0.2, 0) is 4.79 Å². The second kappa shape index (κ2) is 2.35. The molecular weight excluding hydrogens is 126 g/mol. The fourth-order valence-corrected chi connectivity index (χ4v) is 1.59. The highest BCUT2D eigenvalue weighted by Gasteiger charge is 2.30. The van der Waals surface area contributed by atoms with E-state index in [1.165, 1.54) is 0 Å². The van der Waals surface area contributed by atoms with Gasteiger partial charge in [-0.1, -0.05) is 6.92 Å². The quantitative estimate of drug-likeness (QED) is 0.454. The van der Waals surface area contributed by atoms with Crippen molar-refractivity contribution in [2.24, 2.45) is 5.92 Å². The molecule has 1 saturated heterocycles. The lowest BCUT2D eigenvalue weighted by atomic mass is 9.97. The van der Waals surface area contributed by atoms with Gasteiger partial charge < -0.3 is 4.48 Å². The molecule has 1 heterocycles. The van der Waals surface area contributed by atoms with Crippen LogP contribution in [0.2, 0.25) is 0 Å². The average molecular weight is 142 g/mol. The van der Waals surface area contributed by atoms with E-state index in [9.17, 15) is 4.79 Å². The number of nitrogens with zero attached hydrogens (tertiary/aromatic N) is 1. The second-order valence-electron chi connectivity index (χ2n) is 3.96. The maximum absolute atomic E-state index is 11.1. The highest BCUT2D eigenvalue weighted by molar-refractivity contribution is 5.81. The summed E-state index contributed by atoms with van der Waals surface area (Å²) in [4.78, 5) is 11.1. The third-order valence-corrected chi connectivity index (χ3v) is 2.28. The largest absolute Gasteiger partial charge is 0.328 e. The van der Waals surface area contributed by atoms with Crippen molar-refractivity contribution in [3.05, 3.63) is 0 Å². The molecule has 10 heavy (non-hydrogen) atoms. The predicted octanol–water partition coefficient (Wildman–Crippen LogP) is 0.672. The molecule has 0 aromatic rings. The summed E-state index contributed by atoms with van der Waals surface area (Å²) in [5.74, 6) is 0.723. The van der Waals surface area contributed by atoms with Crippen molar-refractivity contribution in [3.63, 3.8) is 0 Å². The fourth-order valence-electron chi connectivity index (χ4n) is 1.59. The number of hydrogen-bond acceptors (Lipinski definition) is 1. The van der Waals surface area contributed by atoms with E-state index < -0.39 is 0 Å². The Balaban J connectivity index is 2.57. The summed E-state index contributed by atoms with van der Waals surface area (Å²) in [6.07, 6.45) is 0.772. The molecule has 0 aromatic carbocycles. The van der Waals surface area contributed by atoms with Gasteiger partial charge in [0.2, 0.25) is 0 Å². The SMILES string of the molecule is C[C@H]1C[N+](C)(C)CCC1=O. The molecule has 1 fully saturated rings. The molecule has 0 N–H and O–H groups in total. The Labute approximate surface area is 62.4 Å². The minimum absolute atomic E-state index is 0.281. The van der Waals surface area contributed by atoms with Crippen LogP contribution in [0.15, 0.2) is 0 Å². The summed E-state index contributed by atoms with van der Waals surface area (Å²) >= 11 is 0. The zero-order valence-electron chi connectivity index (χ0n) is 7.05. The van der Waals surface area contributed by atoms with E-state index in [0.717, 1.165) is 24.0 Å². The number of piperidine rings is 1. The molecule has 2 nitrogen and oxygen atoms in total. The minimum atomic E-state index is 0.281. The van der Waals surface area contributed by atoms with Crippen LogP contribution < -0.4 is 0 Å². The maximum atomic E-state index is 11.1. The van der Waals surface area contributed by atoms with Gasteiger partial charge in [-0.2, -0.15) is 0 Å². The zero-order valence-corrected chi connectivity index (χ0v) is 7.05. The Kier molecular flexibility index (Phi) is 1.82. The minimum Gasteiger partial charge on any atom is -0.328 e. The van der Waals surface area contributed by atoms with E-state index in [2.05, 4.69) is 14.1 Å². The van der Waals surface area contributed by atoms with Crippen LogP contribution in [0, 0.1) is 5.92 Å². The van der Waals surface area contributed by atoms with E-state index in [0.29, 0.717) is 5.78 Å². The maximum Gasteiger partial charge on any atom is 0.146 e. The summed E-state index contributed by atoms with van der Waals surface area (Å²) in [5, 5.41) is 0. The predicted molar refractivity (Wildman–Crippen MR) is 40.6 cm³/mol. The summed E-state index contributed by atoms with van der Waals surface area (Å²) in [5.41, 5.74) is 0. The molecular formula is C8H16NO+. The number of likely N-dealkylation sites (tertiary alicyclic amines) is 1. The summed E-state index contributed by atoms with van der Waals surface area (Å²) in [6, 6.07) is 0. The number of Topliss-reactive ketones (excluding diaryl/α,β-unsaturated/α-hetero) is 1. The van der Waals surface area contributed by atoms with Gasteiger partial charge >= 0.3 is 0 Å². The molecule has 0 unspecified atom stereocenters. The molecule has 0 saturated carbocycles. The molecule has 0 aliphatic carbocycles. The van der Waals surface area contributed by atoms with Crippen LogP contribution in [0.5, 0.6) is 0 Å². The zero-order chi connectivity index (χ0) is 7.78. The second-order valence-corrected chi connectivity index (χ2v) is 3.96. The number of carbonyl (C=O) groups is 1. The number of carbonyl (C=O) groups excluding carboxylic acids is 1. The van der Waals surface area contributed by atoms with E-state index in [1.807, 2.05) is 6.92 Å². The first kappa shape index (κ1) is 7.73. The van der Waals surface area contributed by atoms with Gasteiger partial charge in [-0.05, 0) is 0 Å². The number of ketones is 1. The first-order valence-corrected chi connectivity index (χ1v) is 3.86. The van der Waals surface area contributed by atoms with Gasteiger partial charge in [0, 0.05) is 0 Å². The smallest absolute Gasteiger partial charge is 0.146 e. The first-order valence-electron chi connectivity index (χ1n) is 3.86. The topological polar surface area (TPSA) is 17.1 Å². The molecule has 1 atom stereocenters. The van der Waals surface area contributed by atoms with Crippen molar-refractivity contribution >= 4 is 5.78 Å². The Morgan fingerprint density at radius 3 is 2.50 bits per heavy atom. The van der Waals surface area contributed by atoms with E-state index >= 15 is 0 Å². The van der Waals surface area contributed by atoms with Gasteiger partial charge in [0.15, 0.2) is 0 Å². The van der Waals surface area contributed by atoms with E-state index in [1.54, 1.807) is 0 Å². The van der Waals surface area contributed by atoms with Gasteiger partial charge in [0.1, 0.15) is 5.78 Å². The fraction of sp³-hybridized carbons (Fsp3) is 0.875. The lowest BCUT2D eigenvalue weighted by Gasteiger charge is -2.35. The molecule has 0 amide bonds. The van der Waals surface area contributed by atoms with Crippen LogP contribution in [0.25, 0.3) is 0 Å². The Hall–Kier alpha value is -0.370. The van der Waals surface area contributed by atoms with Crippen molar-refractivity contribution in [1.82, 2.24) is 0 Å². The molecule has 0 spiro atoms. The van der Waals surface area contributed by atoms with Crippen molar-refractivity contribution in [2.75, 3.05) is 27.2 Å². The highest BCUT2D eigenvalue weighted by Crippen LogP contribution is 2.15. The monoisotopic (exact) mass is 142 g/mol. The molecule has 0 aromatic heterocycles. The third-order valence-electron chi connectivity index (χ3n) is 2.28. The molecule has 58 valence electrons. The average Bonchev–Trinajstić information content (AvgIpc) is 1.79. The first-order chi connectivity index (χ1) is 4.51. The van der Waals surface area contributed by atoms with Crippen molar-refractivity contribution in [1.29, 1.82) is 0 Å². The molecule has 0 radical (unpaired) electrons. The molecule has 1 aliphatic heterocycles. The molecule has 1 rings (SSSR count). The lowest BCUT2D eigenvalue weighted by molar-refractivity contribution is -0.894. The summed E-state index contributed by atoms with van der Waals surface area (Å²) in [7, 11) is 4.37. The normalized spacial score (nSPS) is 32.3. The summed E-state index contributed by atoms with van der Waals surface area (Å²) < 4.78 is 1.01. The molecule has 1 aliphatic rings. The van der Waals surface area contributed by atoms with Crippen LogP contribution >= 0.6 is 0 Å². The van der Waals surface area contributed by atoms with Gasteiger partial charge in [-0.3, -0.25) is 4.79 Å². The highest BCUT2D eigenvalue weighted by atomic mass is 16.1. The van der Waals surface area contributed by atoms with Gasteiger partial charge in [-0.25, -0.2) is 0 Å². The van der Waals surface area contributed by atoms with Crippen LogP contribution in [0.1, 0.15) is 13.3 Å². The molecule has 2 heteroatoms. The van der Waals surface area contributed by atoms with Crippen LogP contribution in [-0.4, -0.2) is 37.5 Å². The molecule has 0 bridgehead atoms. The number of rotatable bonds is 0. The lowest BCUT2D eigenvalue weighted by Crippen LogP contribution is -2.50. The Bertz CT molecular complexity index is 151. The summed E-state index contributed by atoms with van der Waals surface area (Å²) in [6.45, 7) is 4.06. The van der Waals surface area contributed by atoms with E-state index in [-0.39, 0.29) is 5.92 Å². The van der Waals surface area contributed by atoms with E-state index in [4.69, 9.17) is 0 Å². The van der Waals surface area contributed by atoms with Gasteiger partial charge in [0.05, 0.1) is 39.5 Å². The van der Waals surface area contributed by atoms with Crippen LogP contribution in [0.4, 0.5) is 0 Å². The van der Waals surface area contributed by atoms with Crippen molar-refractivity contribution in [3.8, 4) is 0 Å². The van der Waals surface area contributed by atoms with Crippen LogP contribution in [0.3, 0.4) is 0 Å². The van der Waals surface area contributed by atoms with Gasteiger partial charge in [0.25, 0.3) is 0 Å². The Morgan fingerprint density at radius 1 is 1.50 bits per heavy atom. The van der Waals surface area contributed by atoms with Crippen molar-refractivity contribution < 1.29 is 9.28 Å². The third kappa shape index (κ3) is 1.57. The number of quaternary nitrogens is 1. The Morgan fingerprint density at radius 2 is 2.10 bits per heavy atom. The van der Waals surface area contributed by atoms with Gasteiger partial charge in [-0.15, -0.1) is 0 Å². The standard InChI is InChI=1S/C8H16NO/c1-7-6-9(2,3)5-4-8(7)10/h7H,4-6H2,1-3H3/q+1/t7-/m0/s1. The number of hydrogen-bond donors (Lipinski definition) is 0.